The molecule has 1 aromatic carbocycles. The minimum absolute atomic E-state index is 0.324. The van der Waals surface area contributed by atoms with Gasteiger partial charge in [0.15, 0.2) is 17.1 Å². The molecule has 0 radical (unpaired) electrons. The number of carbonyl (C=O) groups excluding carboxylic acids is 1. The van der Waals surface area contributed by atoms with Crippen LogP contribution in [0.25, 0.3) is 6.08 Å². The van der Waals surface area contributed by atoms with Crippen LogP contribution in [0.4, 0.5) is 0 Å². The molecule has 0 saturated carbocycles. The number of rotatable bonds is 7. The average molecular weight is 294 g/mol. The number of esters is 1. The molecule has 0 aromatic heterocycles. The van der Waals surface area contributed by atoms with Gasteiger partial charge in [0, 0.05) is 0 Å². The first-order valence-corrected chi connectivity index (χ1v) is 6.68. The van der Waals surface area contributed by atoms with E-state index in [-0.39, 0.29) is 0 Å². The number of hydrogen-bond acceptors (Lipinski definition) is 5. The summed E-state index contributed by atoms with van der Waals surface area (Å²) in [6.45, 7) is 5.40. The van der Waals surface area contributed by atoms with Crippen molar-refractivity contribution in [2.45, 2.75) is 26.4 Å². The van der Waals surface area contributed by atoms with Gasteiger partial charge in [-0.1, -0.05) is 6.07 Å². The Hall–Kier alpha value is -2.17. The van der Waals surface area contributed by atoms with Gasteiger partial charge < -0.3 is 18.9 Å². The summed E-state index contributed by atoms with van der Waals surface area (Å²) in [6.07, 6.45) is 3.21. The summed E-state index contributed by atoms with van der Waals surface area (Å²) in [7, 11) is 3.16. The van der Waals surface area contributed by atoms with Crippen LogP contribution in [-0.2, 0) is 14.3 Å². The molecule has 0 aliphatic rings. The van der Waals surface area contributed by atoms with E-state index in [1.807, 2.05) is 12.1 Å². The molecule has 0 bridgehead atoms. The monoisotopic (exact) mass is 294 g/mol. The molecule has 0 unspecified atom stereocenters. The molecule has 5 heteroatoms. The zero-order chi connectivity index (χ0) is 15.9. The first-order valence-electron chi connectivity index (χ1n) is 6.68. The predicted octanol–water partition coefficient (Wildman–Crippen LogP) is 3.03. The van der Waals surface area contributed by atoms with E-state index in [1.54, 1.807) is 47.1 Å². The van der Waals surface area contributed by atoms with Gasteiger partial charge in [-0.2, -0.15) is 0 Å². The first kappa shape index (κ1) is 16.9. The summed E-state index contributed by atoms with van der Waals surface area (Å²) in [4.78, 5) is 11.7. The number of hydrogen-bond donors (Lipinski definition) is 0. The molecule has 0 aliphatic carbocycles. The van der Waals surface area contributed by atoms with Crippen LogP contribution in [0.3, 0.4) is 0 Å². The topological polar surface area (TPSA) is 54.0 Å². The summed E-state index contributed by atoms with van der Waals surface area (Å²) in [5.74, 6) is 0.883. The fourth-order valence-corrected chi connectivity index (χ4v) is 1.59. The number of ether oxygens (including phenoxy) is 4. The lowest BCUT2D eigenvalue weighted by molar-refractivity contribution is -0.161. The second-order valence-electron chi connectivity index (χ2n) is 4.77. The average Bonchev–Trinajstić information content (AvgIpc) is 2.47. The van der Waals surface area contributed by atoms with Crippen LogP contribution in [-0.4, -0.2) is 32.4 Å². The van der Waals surface area contributed by atoms with Crippen molar-refractivity contribution in [3.63, 3.8) is 0 Å². The molecule has 1 rings (SSSR count). The zero-order valence-corrected chi connectivity index (χ0v) is 13.1. The van der Waals surface area contributed by atoms with Crippen LogP contribution in [0, 0.1) is 0 Å². The number of benzene rings is 1. The van der Waals surface area contributed by atoms with Gasteiger partial charge in [0.1, 0.15) is 0 Å². The van der Waals surface area contributed by atoms with E-state index in [4.69, 9.17) is 18.9 Å². The van der Waals surface area contributed by atoms with Gasteiger partial charge >= 0.3 is 5.97 Å². The standard InChI is InChI=1S/C16H22O5/c1-6-20-15(17)16(2,3)21-10-9-12-7-8-13(18-4)14(11-12)19-5/h7-11H,6H2,1-5H3. The van der Waals surface area contributed by atoms with E-state index in [0.29, 0.717) is 18.1 Å². The quantitative estimate of drug-likeness (QED) is 0.571. The highest BCUT2D eigenvalue weighted by molar-refractivity contribution is 5.78. The molecule has 0 amide bonds. The van der Waals surface area contributed by atoms with Crippen molar-refractivity contribution in [2.75, 3.05) is 20.8 Å². The lowest BCUT2D eigenvalue weighted by atomic mass is 10.1. The van der Waals surface area contributed by atoms with Gasteiger partial charge in [0.05, 0.1) is 27.1 Å². The lowest BCUT2D eigenvalue weighted by Crippen LogP contribution is -2.35. The number of carbonyl (C=O) groups is 1. The Morgan fingerprint density at radius 2 is 1.86 bits per heavy atom. The first-order chi connectivity index (χ1) is 9.94. The van der Waals surface area contributed by atoms with E-state index in [0.717, 1.165) is 5.56 Å². The largest absolute Gasteiger partial charge is 0.493 e. The predicted molar refractivity (Wildman–Crippen MR) is 80.4 cm³/mol. The molecular formula is C16H22O5. The Morgan fingerprint density at radius 3 is 2.43 bits per heavy atom. The molecule has 0 atom stereocenters. The van der Waals surface area contributed by atoms with Gasteiger partial charge in [-0.3, -0.25) is 0 Å². The normalized spacial score (nSPS) is 11.3. The van der Waals surface area contributed by atoms with E-state index >= 15 is 0 Å². The molecule has 1 aromatic rings. The summed E-state index contributed by atoms with van der Waals surface area (Å²) < 4.78 is 20.8. The van der Waals surface area contributed by atoms with Crippen LogP contribution in [0.5, 0.6) is 11.5 Å². The molecule has 0 fully saturated rings. The summed E-state index contributed by atoms with van der Waals surface area (Å²) in [6, 6.07) is 5.48. The van der Waals surface area contributed by atoms with Crippen LogP contribution in [0.15, 0.2) is 24.5 Å². The van der Waals surface area contributed by atoms with Crippen LogP contribution in [0.1, 0.15) is 26.3 Å². The highest BCUT2D eigenvalue weighted by Gasteiger charge is 2.29. The van der Waals surface area contributed by atoms with Crippen LogP contribution < -0.4 is 9.47 Å². The number of methoxy groups -OCH3 is 2. The van der Waals surface area contributed by atoms with Crippen molar-refractivity contribution in [3.8, 4) is 11.5 Å². The van der Waals surface area contributed by atoms with E-state index < -0.39 is 11.6 Å². The smallest absolute Gasteiger partial charge is 0.349 e. The van der Waals surface area contributed by atoms with E-state index in [2.05, 4.69) is 0 Å². The van der Waals surface area contributed by atoms with Gasteiger partial charge in [-0.05, 0) is 44.5 Å². The minimum atomic E-state index is -1.02. The van der Waals surface area contributed by atoms with Gasteiger partial charge in [-0.25, -0.2) is 4.79 Å². The Kier molecular flexibility index (Phi) is 6.09. The lowest BCUT2D eigenvalue weighted by Gasteiger charge is -2.21. The third kappa shape index (κ3) is 4.70. The van der Waals surface area contributed by atoms with Crippen LogP contribution in [0.2, 0.25) is 0 Å². The van der Waals surface area contributed by atoms with Gasteiger partial charge in [0.2, 0.25) is 0 Å². The molecular weight excluding hydrogens is 272 g/mol. The minimum Gasteiger partial charge on any atom is -0.493 e. The van der Waals surface area contributed by atoms with Gasteiger partial charge in [0.25, 0.3) is 0 Å². The van der Waals surface area contributed by atoms with Gasteiger partial charge in [-0.15, -0.1) is 0 Å². The SMILES string of the molecule is CCOC(=O)C(C)(C)OC=Cc1ccc(OC)c(OC)c1. The Morgan fingerprint density at radius 1 is 1.19 bits per heavy atom. The molecule has 0 aliphatic heterocycles. The molecule has 0 saturated heterocycles. The third-order valence-corrected chi connectivity index (χ3v) is 2.80. The fourth-order valence-electron chi connectivity index (χ4n) is 1.59. The van der Waals surface area contributed by atoms with E-state index in [1.165, 1.54) is 6.26 Å². The molecule has 5 nitrogen and oxygen atoms in total. The molecule has 0 N–H and O–H groups in total. The molecule has 116 valence electrons. The van der Waals surface area contributed by atoms with Crippen LogP contribution >= 0.6 is 0 Å². The van der Waals surface area contributed by atoms with Crippen molar-refractivity contribution < 1.29 is 23.7 Å². The highest BCUT2D eigenvalue weighted by Crippen LogP contribution is 2.28. The second kappa shape index (κ2) is 7.57. The van der Waals surface area contributed by atoms with Crippen molar-refractivity contribution in [2.24, 2.45) is 0 Å². The van der Waals surface area contributed by atoms with E-state index in [9.17, 15) is 4.79 Å². The highest BCUT2D eigenvalue weighted by atomic mass is 16.6. The Labute approximate surface area is 125 Å². The molecule has 0 heterocycles. The summed E-state index contributed by atoms with van der Waals surface area (Å²) >= 11 is 0. The summed E-state index contributed by atoms with van der Waals surface area (Å²) in [5.41, 5.74) is -0.157. The summed E-state index contributed by atoms with van der Waals surface area (Å²) in [5, 5.41) is 0. The maximum Gasteiger partial charge on any atom is 0.349 e. The van der Waals surface area contributed by atoms with Crippen molar-refractivity contribution >= 4 is 12.0 Å². The maximum atomic E-state index is 11.7. The maximum absolute atomic E-state index is 11.7. The van der Waals surface area contributed by atoms with Crippen molar-refractivity contribution in [3.05, 3.63) is 30.0 Å². The fraction of sp³-hybridized carbons (Fsp3) is 0.438. The Balaban J connectivity index is 2.75. The zero-order valence-electron chi connectivity index (χ0n) is 13.1. The van der Waals surface area contributed by atoms with Crippen molar-refractivity contribution in [1.29, 1.82) is 0 Å². The third-order valence-electron chi connectivity index (χ3n) is 2.80. The Bertz CT molecular complexity index is 505. The second-order valence-corrected chi connectivity index (χ2v) is 4.77. The van der Waals surface area contributed by atoms with Crippen molar-refractivity contribution in [1.82, 2.24) is 0 Å². The molecule has 21 heavy (non-hydrogen) atoms. The molecule has 0 spiro atoms.